The molecule has 1 aromatic heterocycles. The molecule has 0 N–H and O–H groups in total. The van der Waals surface area contributed by atoms with Gasteiger partial charge in [-0.15, -0.1) is 0 Å². The van der Waals surface area contributed by atoms with E-state index in [1.165, 1.54) is 17.4 Å². The smallest absolute Gasteiger partial charge is 0.231 e. The lowest BCUT2D eigenvalue weighted by Gasteiger charge is -2.30. The maximum Gasteiger partial charge on any atom is 0.231 e. The molecule has 0 radical (unpaired) electrons. The first kappa shape index (κ1) is 17.8. The molecule has 1 saturated carbocycles. The average molecular weight is 377 g/mol. The molecule has 5 nitrogen and oxygen atoms in total. The molecule has 1 aromatic carbocycles. The molecule has 0 spiro atoms. The summed E-state index contributed by atoms with van der Waals surface area (Å²) in [5, 5.41) is 0.621. The lowest BCUT2D eigenvalue weighted by atomic mass is 10.1. The minimum Gasteiger partial charge on any atom is -0.379 e. The number of aromatic nitrogens is 1. The summed E-state index contributed by atoms with van der Waals surface area (Å²) in [6, 6.07) is 4.97. The van der Waals surface area contributed by atoms with Crippen LogP contribution in [0.5, 0.6) is 0 Å². The van der Waals surface area contributed by atoms with Crippen LogP contribution in [0, 0.1) is 11.7 Å². The van der Waals surface area contributed by atoms with Gasteiger partial charge >= 0.3 is 0 Å². The lowest BCUT2D eigenvalue weighted by Crippen LogP contribution is -2.44. The highest BCUT2D eigenvalue weighted by molar-refractivity contribution is 7.22. The molecular weight excluding hydrogens is 353 g/mol. The summed E-state index contributed by atoms with van der Waals surface area (Å²) in [6.45, 7) is 4.64. The number of carbonyl (C=O) groups excluding carboxylic acids is 1. The van der Waals surface area contributed by atoms with Gasteiger partial charge in [0.2, 0.25) is 5.91 Å². The Kier molecular flexibility index (Phi) is 5.47. The predicted molar refractivity (Wildman–Crippen MR) is 101 cm³/mol. The third-order valence-electron chi connectivity index (χ3n) is 5.30. The summed E-state index contributed by atoms with van der Waals surface area (Å²) in [4.78, 5) is 21.7. The van der Waals surface area contributed by atoms with E-state index in [1.807, 2.05) is 6.07 Å². The molecule has 1 aliphatic carbocycles. The fraction of sp³-hybridized carbons (Fsp3) is 0.579. The third kappa shape index (κ3) is 3.75. The Labute approximate surface area is 156 Å². The monoisotopic (exact) mass is 377 g/mol. The van der Waals surface area contributed by atoms with Gasteiger partial charge in [0, 0.05) is 32.1 Å². The van der Waals surface area contributed by atoms with E-state index in [-0.39, 0.29) is 17.6 Å². The number of morpholine rings is 1. The molecule has 2 heterocycles. The molecule has 7 heteroatoms. The number of benzene rings is 1. The number of ether oxygens (including phenoxy) is 1. The van der Waals surface area contributed by atoms with Crippen molar-refractivity contribution in [2.24, 2.45) is 5.92 Å². The van der Waals surface area contributed by atoms with Crippen LogP contribution in [0.2, 0.25) is 0 Å². The summed E-state index contributed by atoms with van der Waals surface area (Å²) in [5.74, 6) is -0.0989. The Morgan fingerprint density at radius 2 is 2.08 bits per heavy atom. The molecular formula is C19H24FN3O2S. The molecule has 1 amide bonds. The zero-order valence-corrected chi connectivity index (χ0v) is 15.6. The summed E-state index contributed by atoms with van der Waals surface area (Å²) in [6.07, 6.45) is 4.13. The van der Waals surface area contributed by atoms with Gasteiger partial charge in [-0.05, 0) is 25.0 Å². The minimum absolute atomic E-state index is 0.0801. The zero-order valence-electron chi connectivity index (χ0n) is 14.8. The molecule has 0 atom stereocenters. The number of thiazole rings is 1. The van der Waals surface area contributed by atoms with Gasteiger partial charge in [-0.1, -0.05) is 30.2 Å². The highest BCUT2D eigenvalue weighted by Gasteiger charge is 2.30. The van der Waals surface area contributed by atoms with Crippen LogP contribution in [-0.2, 0) is 9.53 Å². The van der Waals surface area contributed by atoms with Crippen LogP contribution in [0.25, 0.3) is 10.2 Å². The van der Waals surface area contributed by atoms with Crippen molar-refractivity contribution in [2.75, 3.05) is 44.3 Å². The first-order valence-corrected chi connectivity index (χ1v) is 10.2. The Morgan fingerprint density at radius 1 is 1.31 bits per heavy atom. The number of hydrogen-bond acceptors (Lipinski definition) is 5. The maximum atomic E-state index is 14.1. The molecule has 2 fully saturated rings. The van der Waals surface area contributed by atoms with Gasteiger partial charge in [-0.3, -0.25) is 14.6 Å². The lowest BCUT2D eigenvalue weighted by molar-refractivity contribution is -0.122. The van der Waals surface area contributed by atoms with E-state index in [0.717, 1.165) is 63.2 Å². The molecule has 1 saturated heterocycles. The van der Waals surface area contributed by atoms with Gasteiger partial charge in [-0.25, -0.2) is 9.37 Å². The maximum absolute atomic E-state index is 14.1. The molecule has 140 valence electrons. The van der Waals surface area contributed by atoms with Gasteiger partial charge in [-0.2, -0.15) is 0 Å². The highest BCUT2D eigenvalue weighted by Crippen LogP contribution is 2.33. The first-order valence-electron chi connectivity index (χ1n) is 9.39. The Morgan fingerprint density at radius 3 is 2.81 bits per heavy atom. The van der Waals surface area contributed by atoms with Crippen LogP contribution >= 0.6 is 11.3 Å². The second-order valence-corrected chi connectivity index (χ2v) is 8.02. The van der Waals surface area contributed by atoms with Gasteiger partial charge < -0.3 is 4.74 Å². The van der Waals surface area contributed by atoms with E-state index in [2.05, 4.69) is 9.88 Å². The van der Waals surface area contributed by atoms with Crippen molar-refractivity contribution in [1.29, 1.82) is 0 Å². The molecule has 0 bridgehead atoms. The summed E-state index contributed by atoms with van der Waals surface area (Å²) < 4.78 is 20.2. The van der Waals surface area contributed by atoms with Gasteiger partial charge in [0.25, 0.3) is 0 Å². The number of hydrogen-bond donors (Lipinski definition) is 0. The number of amides is 1. The number of nitrogens with zero attached hydrogens (tertiary/aromatic N) is 3. The second-order valence-electron chi connectivity index (χ2n) is 7.01. The number of fused-ring (bicyclic) bond motifs is 1. The van der Waals surface area contributed by atoms with Gasteiger partial charge in [0.1, 0.15) is 11.3 Å². The van der Waals surface area contributed by atoms with Crippen LogP contribution in [0.4, 0.5) is 9.52 Å². The standard InChI is InChI=1S/C19H24FN3O2S/c20-15-6-3-7-16-17(15)21-19(26-16)23(18(24)14-4-1-2-5-14)9-8-22-10-12-25-13-11-22/h3,6-7,14H,1-2,4-5,8-13H2. The van der Waals surface area contributed by atoms with Gasteiger partial charge in [0.05, 0.1) is 17.9 Å². The summed E-state index contributed by atoms with van der Waals surface area (Å²) >= 11 is 1.40. The normalized spacial score (nSPS) is 19.3. The minimum atomic E-state index is -0.327. The van der Waals surface area contributed by atoms with Crippen LogP contribution in [0.3, 0.4) is 0 Å². The van der Waals surface area contributed by atoms with E-state index in [1.54, 1.807) is 11.0 Å². The Balaban J connectivity index is 1.57. The number of rotatable bonds is 5. The molecule has 1 aliphatic heterocycles. The number of para-hydroxylation sites is 1. The van der Waals surface area contributed by atoms with E-state index >= 15 is 0 Å². The number of anilines is 1. The first-order chi connectivity index (χ1) is 12.7. The summed E-state index contributed by atoms with van der Waals surface area (Å²) in [5.41, 5.74) is 0.364. The van der Waals surface area contributed by atoms with E-state index in [9.17, 15) is 9.18 Å². The van der Waals surface area contributed by atoms with Crippen LogP contribution < -0.4 is 4.90 Å². The predicted octanol–water partition coefficient (Wildman–Crippen LogP) is 3.29. The average Bonchev–Trinajstić information content (AvgIpc) is 3.33. The van der Waals surface area contributed by atoms with Crippen LogP contribution in [-0.4, -0.2) is 55.2 Å². The molecule has 2 aliphatic rings. The van der Waals surface area contributed by atoms with Crippen molar-refractivity contribution < 1.29 is 13.9 Å². The fourth-order valence-electron chi connectivity index (χ4n) is 3.78. The molecule has 0 unspecified atom stereocenters. The topological polar surface area (TPSA) is 45.7 Å². The summed E-state index contributed by atoms with van der Waals surface area (Å²) in [7, 11) is 0. The highest BCUT2D eigenvalue weighted by atomic mass is 32.1. The number of carbonyl (C=O) groups is 1. The van der Waals surface area contributed by atoms with Crippen molar-refractivity contribution in [3.63, 3.8) is 0 Å². The molecule has 4 rings (SSSR count). The van der Waals surface area contributed by atoms with Crippen molar-refractivity contribution >= 4 is 32.6 Å². The zero-order chi connectivity index (χ0) is 17.9. The van der Waals surface area contributed by atoms with Gasteiger partial charge in [0.15, 0.2) is 5.13 Å². The van der Waals surface area contributed by atoms with Crippen molar-refractivity contribution in [2.45, 2.75) is 25.7 Å². The van der Waals surface area contributed by atoms with E-state index in [0.29, 0.717) is 17.2 Å². The third-order valence-corrected chi connectivity index (χ3v) is 6.35. The van der Waals surface area contributed by atoms with Crippen LogP contribution in [0.1, 0.15) is 25.7 Å². The van der Waals surface area contributed by atoms with Crippen molar-refractivity contribution in [3.8, 4) is 0 Å². The van der Waals surface area contributed by atoms with Crippen LogP contribution in [0.15, 0.2) is 18.2 Å². The quantitative estimate of drug-likeness (QED) is 0.802. The fourth-order valence-corrected chi connectivity index (χ4v) is 4.79. The molecule has 2 aromatic rings. The Hall–Kier alpha value is -1.57. The van der Waals surface area contributed by atoms with Crippen molar-refractivity contribution in [1.82, 2.24) is 9.88 Å². The van der Waals surface area contributed by atoms with E-state index in [4.69, 9.17) is 4.74 Å². The number of halogens is 1. The Bertz CT molecular complexity index is 769. The second kappa shape index (κ2) is 7.98. The largest absolute Gasteiger partial charge is 0.379 e. The molecule has 26 heavy (non-hydrogen) atoms. The van der Waals surface area contributed by atoms with E-state index < -0.39 is 0 Å². The SMILES string of the molecule is O=C(C1CCCC1)N(CCN1CCOCC1)c1nc2c(F)cccc2s1. The van der Waals surface area contributed by atoms with Crippen molar-refractivity contribution in [3.05, 3.63) is 24.0 Å².